The number of hydrogen-bond acceptors (Lipinski definition) is 4. The molecule has 0 radical (unpaired) electrons. The summed E-state index contributed by atoms with van der Waals surface area (Å²) in [6.45, 7) is 5.29. The van der Waals surface area contributed by atoms with Gasteiger partial charge in [-0.25, -0.2) is 4.79 Å². The number of ether oxygens (including phenoxy) is 1. The fourth-order valence-corrected chi connectivity index (χ4v) is 2.39. The van der Waals surface area contributed by atoms with Gasteiger partial charge in [0.1, 0.15) is 16.8 Å². The lowest BCUT2D eigenvalue weighted by atomic mass is 9.63. The largest absolute Gasteiger partial charge is 0.481 e. The van der Waals surface area contributed by atoms with Crippen molar-refractivity contribution in [2.24, 2.45) is 0 Å². The van der Waals surface area contributed by atoms with Crippen molar-refractivity contribution in [3.05, 3.63) is 29.8 Å². The molecule has 0 bridgehead atoms. The van der Waals surface area contributed by atoms with Gasteiger partial charge in [0.15, 0.2) is 0 Å². The molecule has 0 spiro atoms. The number of carboxylic acid groups (broad SMARTS) is 1. The number of ketones is 1. The van der Waals surface area contributed by atoms with Gasteiger partial charge in [0.2, 0.25) is 0 Å². The van der Waals surface area contributed by atoms with Crippen molar-refractivity contribution in [3.8, 4) is 0 Å². The second kappa shape index (κ2) is 5.44. The Labute approximate surface area is 128 Å². The van der Waals surface area contributed by atoms with Gasteiger partial charge >= 0.3 is 12.1 Å². The van der Waals surface area contributed by atoms with Gasteiger partial charge in [0.05, 0.1) is 0 Å². The molecule has 22 heavy (non-hydrogen) atoms. The van der Waals surface area contributed by atoms with E-state index in [9.17, 15) is 19.5 Å². The van der Waals surface area contributed by atoms with Gasteiger partial charge in [0.25, 0.3) is 0 Å². The monoisotopic (exact) mass is 305 g/mol. The van der Waals surface area contributed by atoms with Crippen molar-refractivity contribution in [2.75, 3.05) is 5.32 Å². The van der Waals surface area contributed by atoms with E-state index in [4.69, 9.17) is 4.74 Å². The molecule has 118 valence electrons. The molecular formula is C16H19NO5. The second-order valence-electron chi connectivity index (χ2n) is 6.48. The molecule has 0 atom stereocenters. The van der Waals surface area contributed by atoms with E-state index in [0.717, 1.165) is 0 Å². The molecule has 1 aromatic rings. The minimum atomic E-state index is -1.12. The number of aliphatic carboxylic acids is 1. The zero-order chi connectivity index (χ0) is 16.5. The van der Waals surface area contributed by atoms with Crippen molar-refractivity contribution in [1.29, 1.82) is 0 Å². The van der Waals surface area contributed by atoms with Crippen LogP contribution in [0.5, 0.6) is 0 Å². The molecule has 1 aromatic carbocycles. The van der Waals surface area contributed by atoms with E-state index in [-0.39, 0.29) is 18.6 Å². The number of nitrogens with one attached hydrogen (secondary N) is 1. The van der Waals surface area contributed by atoms with Crippen LogP contribution in [0, 0.1) is 0 Å². The minimum absolute atomic E-state index is 0.0151. The fraction of sp³-hybridized carbons (Fsp3) is 0.438. The summed E-state index contributed by atoms with van der Waals surface area (Å²) in [5.74, 6) is -1.06. The first-order chi connectivity index (χ1) is 10.1. The Morgan fingerprint density at radius 2 is 1.73 bits per heavy atom. The number of anilines is 1. The van der Waals surface area contributed by atoms with Gasteiger partial charge in [-0.15, -0.1) is 0 Å². The molecule has 6 heteroatoms. The predicted octanol–water partition coefficient (Wildman–Crippen LogP) is 2.72. The van der Waals surface area contributed by atoms with Crippen molar-refractivity contribution in [1.82, 2.24) is 0 Å². The highest BCUT2D eigenvalue weighted by Gasteiger charge is 2.51. The second-order valence-corrected chi connectivity index (χ2v) is 6.48. The molecule has 1 aliphatic carbocycles. The van der Waals surface area contributed by atoms with Crippen molar-refractivity contribution < 1.29 is 24.2 Å². The lowest BCUT2D eigenvalue weighted by Crippen LogP contribution is -2.48. The number of Topliss-reactive ketones (excluding diaryl/α,β-unsaturated/α-hetero) is 1. The van der Waals surface area contributed by atoms with E-state index in [1.165, 1.54) is 0 Å². The molecule has 2 rings (SSSR count). The van der Waals surface area contributed by atoms with Crippen LogP contribution in [0.1, 0.15) is 39.2 Å². The number of rotatable bonds is 3. The summed E-state index contributed by atoms with van der Waals surface area (Å²) in [6.07, 6.45) is -0.547. The average Bonchev–Trinajstić information content (AvgIpc) is 2.33. The first kappa shape index (κ1) is 16.0. The quantitative estimate of drug-likeness (QED) is 0.895. The lowest BCUT2D eigenvalue weighted by Gasteiger charge is -2.36. The van der Waals surface area contributed by atoms with Crippen molar-refractivity contribution in [2.45, 2.75) is 44.6 Å². The van der Waals surface area contributed by atoms with Crippen LogP contribution in [0.3, 0.4) is 0 Å². The van der Waals surface area contributed by atoms with E-state index in [1.54, 1.807) is 45.0 Å². The predicted molar refractivity (Wildman–Crippen MR) is 79.9 cm³/mol. The summed E-state index contributed by atoms with van der Waals surface area (Å²) in [6, 6.07) is 6.44. The Kier molecular flexibility index (Phi) is 3.96. The molecule has 2 N–H and O–H groups in total. The van der Waals surface area contributed by atoms with Gasteiger partial charge in [-0.2, -0.15) is 0 Å². The van der Waals surface area contributed by atoms with Gasteiger partial charge in [0, 0.05) is 18.5 Å². The number of benzene rings is 1. The van der Waals surface area contributed by atoms with Crippen LogP contribution in [0.15, 0.2) is 24.3 Å². The van der Waals surface area contributed by atoms with E-state index < -0.39 is 23.1 Å². The molecule has 0 saturated heterocycles. The smallest absolute Gasteiger partial charge is 0.412 e. The summed E-state index contributed by atoms with van der Waals surface area (Å²) in [5, 5.41) is 11.9. The molecule has 1 fully saturated rings. The maximum Gasteiger partial charge on any atom is 0.412 e. The Morgan fingerprint density at radius 3 is 2.14 bits per heavy atom. The maximum absolute atomic E-state index is 11.7. The van der Waals surface area contributed by atoms with Crippen LogP contribution in [0.25, 0.3) is 0 Å². The minimum Gasteiger partial charge on any atom is -0.481 e. The lowest BCUT2D eigenvalue weighted by molar-refractivity contribution is -0.153. The Hall–Kier alpha value is -2.37. The zero-order valence-electron chi connectivity index (χ0n) is 12.8. The van der Waals surface area contributed by atoms with Gasteiger partial charge in [-0.3, -0.25) is 14.9 Å². The van der Waals surface area contributed by atoms with Crippen LogP contribution in [-0.4, -0.2) is 28.6 Å². The normalized spacial score (nSPS) is 16.6. The highest BCUT2D eigenvalue weighted by atomic mass is 16.6. The number of carbonyl (C=O) groups excluding carboxylic acids is 2. The van der Waals surface area contributed by atoms with E-state index in [2.05, 4.69) is 5.32 Å². The first-order valence-electron chi connectivity index (χ1n) is 6.98. The van der Waals surface area contributed by atoms with E-state index in [0.29, 0.717) is 11.3 Å². The molecule has 0 unspecified atom stereocenters. The molecule has 1 amide bonds. The van der Waals surface area contributed by atoms with Crippen LogP contribution >= 0.6 is 0 Å². The molecule has 1 saturated carbocycles. The summed E-state index contributed by atoms with van der Waals surface area (Å²) in [7, 11) is 0. The molecule has 0 heterocycles. The van der Waals surface area contributed by atoms with Crippen LogP contribution < -0.4 is 5.32 Å². The third-order valence-electron chi connectivity index (χ3n) is 3.49. The number of hydrogen-bond donors (Lipinski definition) is 2. The van der Waals surface area contributed by atoms with Crippen molar-refractivity contribution >= 4 is 23.5 Å². The van der Waals surface area contributed by atoms with E-state index >= 15 is 0 Å². The topological polar surface area (TPSA) is 92.7 Å². The number of amides is 1. The fourth-order valence-electron chi connectivity index (χ4n) is 2.39. The van der Waals surface area contributed by atoms with Gasteiger partial charge in [-0.05, 0) is 38.5 Å². The molecular weight excluding hydrogens is 286 g/mol. The Morgan fingerprint density at radius 1 is 1.18 bits per heavy atom. The van der Waals surface area contributed by atoms with Crippen LogP contribution in [-0.2, 0) is 19.7 Å². The van der Waals surface area contributed by atoms with Crippen LogP contribution in [0.2, 0.25) is 0 Å². The van der Waals surface area contributed by atoms with Gasteiger partial charge in [-0.1, -0.05) is 12.1 Å². The summed E-state index contributed by atoms with van der Waals surface area (Å²) in [5.41, 5.74) is -0.649. The summed E-state index contributed by atoms with van der Waals surface area (Å²) >= 11 is 0. The average molecular weight is 305 g/mol. The highest BCUT2D eigenvalue weighted by molar-refractivity contribution is 6.01. The first-order valence-corrected chi connectivity index (χ1v) is 6.98. The summed E-state index contributed by atoms with van der Waals surface area (Å²) < 4.78 is 5.13. The Bertz CT molecular complexity index is 604. The van der Waals surface area contributed by atoms with E-state index in [1.807, 2.05) is 0 Å². The number of carbonyl (C=O) groups is 3. The SMILES string of the molecule is CC(C)(C)OC(=O)Nc1ccc(C2(C(=O)O)CC(=O)C2)cc1. The van der Waals surface area contributed by atoms with Crippen molar-refractivity contribution in [3.63, 3.8) is 0 Å². The zero-order valence-corrected chi connectivity index (χ0v) is 12.8. The highest BCUT2D eigenvalue weighted by Crippen LogP contribution is 2.41. The van der Waals surface area contributed by atoms with Crippen LogP contribution in [0.4, 0.5) is 10.5 Å². The molecule has 1 aliphatic rings. The third-order valence-corrected chi connectivity index (χ3v) is 3.49. The summed E-state index contributed by atoms with van der Waals surface area (Å²) in [4.78, 5) is 34.3. The molecule has 0 aromatic heterocycles. The number of carboxylic acids is 1. The van der Waals surface area contributed by atoms with Gasteiger partial charge < -0.3 is 9.84 Å². The molecule has 6 nitrogen and oxygen atoms in total. The third kappa shape index (κ3) is 3.27. The standard InChI is InChI=1S/C16H19NO5/c1-15(2,3)22-14(21)17-11-6-4-10(5-7-11)16(13(19)20)8-12(18)9-16/h4-7H,8-9H2,1-3H3,(H,17,21)(H,19,20). The Balaban J connectivity index is 2.09. The molecule has 0 aliphatic heterocycles. The maximum atomic E-state index is 11.7.